The van der Waals surface area contributed by atoms with Crippen molar-refractivity contribution in [2.75, 3.05) is 17.1 Å². The number of anilines is 2. The monoisotopic (exact) mass is 374 g/mol. The van der Waals surface area contributed by atoms with Crippen molar-refractivity contribution in [3.05, 3.63) is 54.1 Å². The standard InChI is InChI=1S/C15H13F3N2O4S/c1-24-14(21)19-11-5-7-13(8-6-11)25(22,23)20-12-4-2-3-10(9-12)15(16,17)18/h2-9,20H,1H3,(H,19,21). The molecule has 6 nitrogen and oxygen atoms in total. The number of rotatable bonds is 4. The second-order valence-corrected chi connectivity index (χ2v) is 6.51. The van der Waals surface area contributed by atoms with Crippen LogP contribution in [-0.2, 0) is 20.9 Å². The molecule has 2 N–H and O–H groups in total. The molecule has 10 heteroatoms. The number of sulfonamides is 1. The zero-order valence-corrected chi connectivity index (χ0v) is 13.6. The lowest BCUT2D eigenvalue weighted by Gasteiger charge is -2.11. The van der Waals surface area contributed by atoms with Gasteiger partial charge in [-0.05, 0) is 42.5 Å². The highest BCUT2D eigenvalue weighted by atomic mass is 32.2. The SMILES string of the molecule is COC(=O)Nc1ccc(S(=O)(=O)Nc2cccc(C(F)(F)F)c2)cc1. The third-order valence-electron chi connectivity index (χ3n) is 3.04. The van der Waals surface area contributed by atoms with E-state index in [0.717, 1.165) is 12.1 Å². The maximum Gasteiger partial charge on any atom is 0.416 e. The van der Waals surface area contributed by atoms with Crippen LogP contribution in [-0.4, -0.2) is 21.6 Å². The van der Waals surface area contributed by atoms with Gasteiger partial charge in [-0.15, -0.1) is 0 Å². The van der Waals surface area contributed by atoms with Gasteiger partial charge in [0.1, 0.15) is 0 Å². The summed E-state index contributed by atoms with van der Waals surface area (Å²) in [6, 6.07) is 8.87. The lowest BCUT2D eigenvalue weighted by Crippen LogP contribution is -2.14. The zero-order valence-electron chi connectivity index (χ0n) is 12.8. The molecule has 0 atom stereocenters. The predicted molar refractivity (Wildman–Crippen MR) is 84.7 cm³/mol. The van der Waals surface area contributed by atoms with Gasteiger partial charge in [-0.25, -0.2) is 13.2 Å². The molecule has 2 rings (SSSR count). The highest BCUT2D eigenvalue weighted by Gasteiger charge is 2.30. The third-order valence-corrected chi connectivity index (χ3v) is 4.44. The second-order valence-electron chi connectivity index (χ2n) is 4.83. The fraction of sp³-hybridized carbons (Fsp3) is 0.133. The van der Waals surface area contributed by atoms with Crippen LogP contribution in [0.3, 0.4) is 0 Å². The van der Waals surface area contributed by atoms with E-state index < -0.39 is 27.9 Å². The van der Waals surface area contributed by atoms with Gasteiger partial charge in [0, 0.05) is 11.4 Å². The number of hydrogen-bond donors (Lipinski definition) is 2. The number of carbonyl (C=O) groups excluding carboxylic acids is 1. The molecular formula is C15H13F3N2O4S. The van der Waals surface area contributed by atoms with Crippen LogP contribution in [0.4, 0.5) is 29.3 Å². The third kappa shape index (κ3) is 4.86. The summed E-state index contributed by atoms with van der Waals surface area (Å²) in [6.45, 7) is 0. The summed E-state index contributed by atoms with van der Waals surface area (Å²) in [7, 11) is -2.91. The van der Waals surface area contributed by atoms with E-state index >= 15 is 0 Å². The van der Waals surface area contributed by atoms with E-state index in [2.05, 4.69) is 14.8 Å². The van der Waals surface area contributed by atoms with E-state index in [4.69, 9.17) is 0 Å². The molecule has 0 radical (unpaired) electrons. The first kappa shape index (κ1) is 18.6. The highest BCUT2D eigenvalue weighted by molar-refractivity contribution is 7.92. The van der Waals surface area contributed by atoms with Gasteiger partial charge >= 0.3 is 12.3 Å². The van der Waals surface area contributed by atoms with E-state index in [0.29, 0.717) is 11.8 Å². The number of halogens is 3. The molecule has 1 amide bonds. The van der Waals surface area contributed by atoms with Crippen LogP contribution in [0.15, 0.2) is 53.4 Å². The van der Waals surface area contributed by atoms with Crippen LogP contribution in [0, 0.1) is 0 Å². The van der Waals surface area contributed by atoms with Gasteiger partial charge in [0.05, 0.1) is 17.6 Å². The minimum atomic E-state index is -4.58. The molecule has 0 bridgehead atoms. The smallest absolute Gasteiger partial charge is 0.416 e. The Bertz CT molecular complexity index is 865. The van der Waals surface area contributed by atoms with Gasteiger partial charge in [-0.1, -0.05) is 6.07 Å². The summed E-state index contributed by atoms with van der Waals surface area (Å²) in [5.74, 6) is 0. The van der Waals surface area contributed by atoms with Crippen LogP contribution in [0.25, 0.3) is 0 Å². The molecule has 0 spiro atoms. The van der Waals surface area contributed by atoms with Gasteiger partial charge in [-0.2, -0.15) is 13.2 Å². The first-order chi connectivity index (χ1) is 11.6. The number of ether oxygens (including phenoxy) is 1. The van der Waals surface area contributed by atoms with Crippen molar-refractivity contribution in [3.8, 4) is 0 Å². The number of methoxy groups -OCH3 is 1. The molecule has 0 aliphatic carbocycles. The Morgan fingerprint density at radius 3 is 2.24 bits per heavy atom. The van der Waals surface area contributed by atoms with Crippen molar-refractivity contribution in [1.29, 1.82) is 0 Å². The summed E-state index contributed by atoms with van der Waals surface area (Å²) >= 11 is 0. The Kier molecular flexibility index (Phi) is 5.21. The van der Waals surface area contributed by atoms with Crippen molar-refractivity contribution in [2.24, 2.45) is 0 Å². The minimum absolute atomic E-state index is 0.180. The fourth-order valence-corrected chi connectivity index (χ4v) is 2.91. The molecule has 0 unspecified atom stereocenters. The van der Waals surface area contributed by atoms with Crippen LogP contribution in [0.1, 0.15) is 5.56 Å². The zero-order chi connectivity index (χ0) is 18.7. The molecule has 0 aliphatic heterocycles. The Balaban J connectivity index is 2.20. The molecule has 25 heavy (non-hydrogen) atoms. The molecular weight excluding hydrogens is 361 g/mol. The number of alkyl halides is 3. The predicted octanol–water partition coefficient (Wildman–Crippen LogP) is 3.68. The maximum absolute atomic E-state index is 12.7. The second kappa shape index (κ2) is 7.01. The Morgan fingerprint density at radius 2 is 1.68 bits per heavy atom. The summed E-state index contributed by atoms with van der Waals surface area (Å²) in [4.78, 5) is 10.9. The summed E-state index contributed by atoms with van der Waals surface area (Å²) in [5.41, 5.74) is -0.887. The lowest BCUT2D eigenvalue weighted by molar-refractivity contribution is -0.137. The van der Waals surface area contributed by atoms with E-state index in [9.17, 15) is 26.4 Å². The maximum atomic E-state index is 12.7. The Morgan fingerprint density at radius 1 is 1.04 bits per heavy atom. The topological polar surface area (TPSA) is 84.5 Å². The van der Waals surface area contributed by atoms with Gasteiger partial charge in [0.15, 0.2) is 0 Å². The average molecular weight is 374 g/mol. The van der Waals surface area contributed by atoms with Crippen LogP contribution < -0.4 is 10.0 Å². The number of amides is 1. The number of benzene rings is 2. The summed E-state index contributed by atoms with van der Waals surface area (Å²) in [6.07, 6.45) is -5.31. The molecule has 0 saturated carbocycles. The summed E-state index contributed by atoms with van der Waals surface area (Å²) in [5, 5.41) is 2.34. The van der Waals surface area contributed by atoms with Crippen LogP contribution >= 0.6 is 0 Å². The first-order valence-electron chi connectivity index (χ1n) is 6.77. The van der Waals surface area contributed by atoms with Gasteiger partial charge in [-0.3, -0.25) is 10.0 Å². The lowest BCUT2D eigenvalue weighted by atomic mass is 10.2. The molecule has 2 aromatic carbocycles. The minimum Gasteiger partial charge on any atom is -0.453 e. The Labute approximate surface area is 141 Å². The van der Waals surface area contributed by atoms with Gasteiger partial charge in [0.2, 0.25) is 0 Å². The average Bonchev–Trinajstić information content (AvgIpc) is 2.54. The first-order valence-corrected chi connectivity index (χ1v) is 8.25. The fourth-order valence-electron chi connectivity index (χ4n) is 1.86. The van der Waals surface area contributed by atoms with Crippen LogP contribution in [0.2, 0.25) is 0 Å². The number of hydrogen-bond acceptors (Lipinski definition) is 4. The molecule has 0 fully saturated rings. The van der Waals surface area contributed by atoms with Gasteiger partial charge in [0.25, 0.3) is 10.0 Å². The molecule has 0 heterocycles. The van der Waals surface area contributed by atoms with E-state index in [1.165, 1.54) is 37.4 Å². The molecule has 0 saturated heterocycles. The number of carbonyl (C=O) groups is 1. The van der Waals surface area contributed by atoms with E-state index in [1.54, 1.807) is 0 Å². The quantitative estimate of drug-likeness (QED) is 0.855. The van der Waals surface area contributed by atoms with Crippen LogP contribution in [0.5, 0.6) is 0 Å². The van der Waals surface area contributed by atoms with E-state index in [-0.39, 0.29) is 10.6 Å². The van der Waals surface area contributed by atoms with Crippen molar-refractivity contribution < 1.29 is 31.1 Å². The van der Waals surface area contributed by atoms with Crippen molar-refractivity contribution in [1.82, 2.24) is 0 Å². The van der Waals surface area contributed by atoms with Crippen molar-refractivity contribution in [3.63, 3.8) is 0 Å². The normalized spacial score (nSPS) is 11.7. The molecule has 0 aliphatic rings. The van der Waals surface area contributed by atoms with Crippen molar-refractivity contribution >= 4 is 27.5 Å². The largest absolute Gasteiger partial charge is 0.453 e. The molecule has 0 aromatic heterocycles. The van der Waals surface area contributed by atoms with Crippen molar-refractivity contribution in [2.45, 2.75) is 11.1 Å². The molecule has 2 aromatic rings. The van der Waals surface area contributed by atoms with E-state index in [1.807, 2.05) is 0 Å². The highest BCUT2D eigenvalue weighted by Crippen LogP contribution is 2.31. The summed E-state index contributed by atoms with van der Waals surface area (Å²) < 4.78 is 69.0. The Hall–Kier alpha value is -2.75. The van der Waals surface area contributed by atoms with Gasteiger partial charge < -0.3 is 4.74 Å². The molecule has 134 valence electrons. The number of nitrogens with one attached hydrogen (secondary N) is 2.